The molecule has 0 aliphatic carbocycles. The number of nitrogens with one attached hydrogen (secondary N) is 1. The molecular formula is C75H139NO10. The van der Waals surface area contributed by atoms with Gasteiger partial charge in [0.15, 0.2) is 6.29 Å². The van der Waals surface area contributed by atoms with Crippen molar-refractivity contribution in [1.29, 1.82) is 0 Å². The van der Waals surface area contributed by atoms with E-state index >= 15 is 0 Å². The van der Waals surface area contributed by atoms with Crippen LogP contribution in [0.15, 0.2) is 60.8 Å². The van der Waals surface area contributed by atoms with Crippen molar-refractivity contribution < 1.29 is 50.0 Å². The molecule has 1 heterocycles. The highest BCUT2D eigenvalue weighted by molar-refractivity contribution is 5.80. The van der Waals surface area contributed by atoms with E-state index in [4.69, 9.17) is 9.47 Å². The van der Waals surface area contributed by atoms with Gasteiger partial charge in [-0.1, -0.05) is 306 Å². The van der Waals surface area contributed by atoms with Gasteiger partial charge in [-0.15, -0.1) is 0 Å². The van der Waals surface area contributed by atoms with Crippen molar-refractivity contribution in [3.63, 3.8) is 0 Å². The van der Waals surface area contributed by atoms with Crippen LogP contribution in [0.1, 0.15) is 341 Å². The molecule has 0 aromatic heterocycles. The quantitative estimate of drug-likeness (QED) is 0.0215. The summed E-state index contributed by atoms with van der Waals surface area (Å²) in [6.45, 7) is 3.47. The van der Waals surface area contributed by atoms with Gasteiger partial charge in [0.1, 0.15) is 36.6 Å². The summed E-state index contributed by atoms with van der Waals surface area (Å²) in [7, 11) is 0. The number of rotatable bonds is 64. The van der Waals surface area contributed by atoms with Crippen molar-refractivity contribution in [2.75, 3.05) is 13.2 Å². The van der Waals surface area contributed by atoms with Gasteiger partial charge >= 0.3 is 0 Å². The lowest BCUT2D eigenvalue weighted by molar-refractivity contribution is -0.303. The van der Waals surface area contributed by atoms with Gasteiger partial charge in [-0.05, 0) is 96.3 Å². The van der Waals surface area contributed by atoms with Crippen LogP contribution in [0.3, 0.4) is 0 Å². The molecule has 1 saturated heterocycles. The average Bonchev–Trinajstić information content (AvgIpc) is 2.94. The summed E-state index contributed by atoms with van der Waals surface area (Å²) in [5.74, 6) is -0.710. The molecule has 0 radical (unpaired) electrons. The van der Waals surface area contributed by atoms with Crippen LogP contribution in [0.2, 0.25) is 0 Å². The molecule has 86 heavy (non-hydrogen) atoms. The number of carbonyl (C=O) groups is 1. The van der Waals surface area contributed by atoms with E-state index in [-0.39, 0.29) is 12.8 Å². The van der Waals surface area contributed by atoms with Crippen LogP contribution >= 0.6 is 0 Å². The molecule has 0 bridgehead atoms. The van der Waals surface area contributed by atoms with E-state index in [0.717, 1.165) is 51.4 Å². The fourth-order valence-electron chi connectivity index (χ4n) is 11.6. The minimum atomic E-state index is -1.68. The molecule has 0 aromatic rings. The first-order valence-corrected chi connectivity index (χ1v) is 36.7. The van der Waals surface area contributed by atoms with Gasteiger partial charge in [0.25, 0.3) is 0 Å². The standard InChI is InChI=1S/C75H139NO10/c1-3-5-7-9-11-13-15-17-19-21-23-25-26-27-28-29-30-31-32-33-34-35-36-37-38-39-40-41-43-45-47-49-51-53-55-57-59-61-63-68(79)74(84)76-66(65-85-75-73(83)72(82)71(81)69(64-77)86-75)70(80)67(78)62-60-58-56-54-52-50-48-46-44-42-24-22-20-18-16-14-12-10-8-6-4-2/h22,24,30-31,33-34,46,48,54,56,66-73,75,77-83H,3-21,23,25-29,32,35-45,47,49-53,55,57-65H2,1-2H3,(H,76,84)/b24-22+,31-30-,34-33-,48-46+,56-54+. The Morgan fingerprint density at radius 3 is 1.10 bits per heavy atom. The molecule has 1 rings (SSSR count). The van der Waals surface area contributed by atoms with E-state index < -0.39 is 74.2 Å². The minimum Gasteiger partial charge on any atom is -0.394 e. The number of ether oxygens (including phenoxy) is 2. The molecule has 0 spiro atoms. The van der Waals surface area contributed by atoms with Crippen molar-refractivity contribution in [2.24, 2.45) is 0 Å². The molecule has 1 aliphatic heterocycles. The first-order chi connectivity index (χ1) is 42.2. The number of aliphatic hydroxyl groups excluding tert-OH is 7. The van der Waals surface area contributed by atoms with E-state index in [0.29, 0.717) is 19.3 Å². The zero-order chi connectivity index (χ0) is 62.4. The Morgan fingerprint density at radius 2 is 0.733 bits per heavy atom. The molecule has 504 valence electrons. The lowest BCUT2D eigenvalue weighted by atomic mass is 9.98. The van der Waals surface area contributed by atoms with Crippen molar-refractivity contribution in [2.45, 2.75) is 396 Å². The first kappa shape index (κ1) is 81.8. The van der Waals surface area contributed by atoms with Crippen molar-refractivity contribution in [1.82, 2.24) is 5.32 Å². The molecule has 8 N–H and O–H groups in total. The van der Waals surface area contributed by atoms with Crippen LogP contribution in [0.4, 0.5) is 0 Å². The third kappa shape index (κ3) is 49.6. The fraction of sp³-hybridized carbons (Fsp3) is 0.853. The number of allylic oxidation sites excluding steroid dienone is 10. The zero-order valence-electron chi connectivity index (χ0n) is 55.8. The highest BCUT2D eigenvalue weighted by atomic mass is 16.7. The topological polar surface area (TPSA) is 189 Å². The third-order valence-corrected chi connectivity index (χ3v) is 17.5. The van der Waals surface area contributed by atoms with Crippen LogP contribution in [0.5, 0.6) is 0 Å². The van der Waals surface area contributed by atoms with Crippen molar-refractivity contribution in [3.8, 4) is 0 Å². The first-order valence-electron chi connectivity index (χ1n) is 36.7. The number of unbranched alkanes of at least 4 members (excludes halogenated alkanes) is 42. The van der Waals surface area contributed by atoms with Crippen LogP contribution in [-0.4, -0.2) is 110 Å². The molecular weight excluding hydrogens is 1070 g/mol. The van der Waals surface area contributed by atoms with Gasteiger partial charge in [-0.25, -0.2) is 0 Å². The zero-order valence-corrected chi connectivity index (χ0v) is 55.8. The van der Waals surface area contributed by atoms with Gasteiger partial charge in [0.05, 0.1) is 25.4 Å². The maximum Gasteiger partial charge on any atom is 0.249 e. The van der Waals surface area contributed by atoms with Crippen molar-refractivity contribution in [3.05, 3.63) is 60.8 Å². The van der Waals surface area contributed by atoms with E-state index in [1.807, 2.05) is 0 Å². The molecule has 9 unspecified atom stereocenters. The molecule has 1 aliphatic rings. The Hall–Kier alpha value is -2.19. The van der Waals surface area contributed by atoms with Crippen LogP contribution < -0.4 is 5.32 Å². The molecule has 11 nitrogen and oxygen atoms in total. The molecule has 9 atom stereocenters. The summed E-state index contributed by atoms with van der Waals surface area (Å²) in [5.41, 5.74) is 0. The maximum absolute atomic E-state index is 13.2. The third-order valence-electron chi connectivity index (χ3n) is 17.5. The van der Waals surface area contributed by atoms with Crippen LogP contribution in [0, 0.1) is 0 Å². The van der Waals surface area contributed by atoms with Gasteiger partial charge in [0, 0.05) is 0 Å². The predicted molar refractivity (Wildman–Crippen MR) is 362 cm³/mol. The van der Waals surface area contributed by atoms with Crippen LogP contribution in [0.25, 0.3) is 0 Å². The monoisotopic (exact) mass is 1210 g/mol. The predicted octanol–water partition coefficient (Wildman–Crippen LogP) is 18.1. The van der Waals surface area contributed by atoms with E-state index in [9.17, 15) is 40.5 Å². The number of amides is 1. The van der Waals surface area contributed by atoms with Gasteiger partial charge < -0.3 is 50.5 Å². The molecule has 1 amide bonds. The summed E-state index contributed by atoms with van der Waals surface area (Å²) in [5, 5.41) is 76.4. The second-order valence-electron chi connectivity index (χ2n) is 25.6. The minimum absolute atomic E-state index is 0.240. The molecule has 1 fully saturated rings. The lowest BCUT2D eigenvalue weighted by Gasteiger charge is -2.40. The maximum atomic E-state index is 13.2. The van der Waals surface area contributed by atoms with Gasteiger partial charge in [-0.2, -0.15) is 0 Å². The largest absolute Gasteiger partial charge is 0.394 e. The number of hydrogen-bond donors (Lipinski definition) is 8. The Morgan fingerprint density at radius 1 is 0.407 bits per heavy atom. The van der Waals surface area contributed by atoms with E-state index in [1.165, 1.54) is 244 Å². The second-order valence-corrected chi connectivity index (χ2v) is 25.6. The van der Waals surface area contributed by atoms with Crippen molar-refractivity contribution >= 4 is 5.91 Å². The lowest BCUT2D eigenvalue weighted by Crippen LogP contribution is -2.60. The number of aliphatic hydroxyl groups is 7. The Labute approximate surface area is 529 Å². The van der Waals surface area contributed by atoms with Gasteiger partial charge in [-0.3, -0.25) is 4.79 Å². The SMILES string of the molecule is CCCCCCCCCC/C=C/CC/C=C/CC/C=C/CCCC(O)C(O)C(COC1OC(CO)C(O)C(O)C1O)NC(=O)C(O)CCCCCCCCCCCCCCCCCC/C=C\C/C=C\CCCCCCCCCCCCCCCCC. The smallest absolute Gasteiger partial charge is 0.249 e. The summed E-state index contributed by atoms with van der Waals surface area (Å²) >= 11 is 0. The Balaban J connectivity index is 2.16. The normalized spacial score (nSPS) is 19.1. The number of hydrogen-bond acceptors (Lipinski definition) is 10. The summed E-state index contributed by atoms with van der Waals surface area (Å²) in [4.78, 5) is 13.2. The summed E-state index contributed by atoms with van der Waals surface area (Å²) in [6, 6.07) is -1.20. The average molecular weight is 1210 g/mol. The second kappa shape index (κ2) is 63.0. The fourth-order valence-corrected chi connectivity index (χ4v) is 11.6. The summed E-state index contributed by atoms with van der Waals surface area (Å²) < 4.78 is 11.2. The highest BCUT2D eigenvalue weighted by Gasteiger charge is 2.44. The van der Waals surface area contributed by atoms with E-state index in [1.54, 1.807) is 0 Å². The molecule has 0 saturated carbocycles. The molecule has 11 heteroatoms. The number of carbonyl (C=O) groups excluding carboxylic acids is 1. The van der Waals surface area contributed by atoms with E-state index in [2.05, 4.69) is 79.9 Å². The van der Waals surface area contributed by atoms with Crippen LogP contribution in [-0.2, 0) is 14.3 Å². The molecule has 0 aromatic carbocycles. The Kier molecular flexibility index (Phi) is 59.9. The Bertz CT molecular complexity index is 1580. The highest BCUT2D eigenvalue weighted by Crippen LogP contribution is 2.24. The summed E-state index contributed by atoms with van der Waals surface area (Å²) in [6.07, 6.45) is 73.2. The van der Waals surface area contributed by atoms with Gasteiger partial charge in [0.2, 0.25) is 5.91 Å².